The van der Waals surface area contributed by atoms with E-state index in [1.54, 1.807) is 36.1 Å². The summed E-state index contributed by atoms with van der Waals surface area (Å²) in [7, 11) is 2.81. The second-order valence-electron chi connectivity index (χ2n) is 8.06. The lowest BCUT2D eigenvalue weighted by Gasteiger charge is -2.22. The lowest BCUT2D eigenvalue weighted by molar-refractivity contribution is 0.0790. The van der Waals surface area contributed by atoms with Crippen LogP contribution in [0.3, 0.4) is 0 Å². The van der Waals surface area contributed by atoms with Crippen molar-refractivity contribution in [3.63, 3.8) is 0 Å². The monoisotopic (exact) mass is 434 g/mol. The average Bonchev–Trinajstić information content (AvgIpc) is 3.38. The van der Waals surface area contributed by atoms with Gasteiger partial charge in [-0.2, -0.15) is 0 Å². The van der Waals surface area contributed by atoms with Crippen molar-refractivity contribution in [2.75, 3.05) is 27.3 Å². The van der Waals surface area contributed by atoms with E-state index in [0.29, 0.717) is 30.7 Å². The number of furan rings is 1. The number of rotatable bonds is 3. The number of ether oxygens (including phenoxy) is 2. The van der Waals surface area contributed by atoms with Crippen LogP contribution in [0.2, 0.25) is 0 Å². The van der Waals surface area contributed by atoms with Gasteiger partial charge in [0.2, 0.25) is 0 Å². The Morgan fingerprint density at radius 3 is 2.19 bits per heavy atom. The number of hydrogen-bond acceptors (Lipinski definition) is 7. The zero-order valence-corrected chi connectivity index (χ0v) is 18.0. The summed E-state index contributed by atoms with van der Waals surface area (Å²) in [6.45, 7) is 2.63. The molecule has 0 saturated carbocycles. The molecule has 8 nitrogen and oxygen atoms in total. The van der Waals surface area contributed by atoms with E-state index in [-0.39, 0.29) is 68.4 Å². The molecule has 5 rings (SSSR count). The van der Waals surface area contributed by atoms with Crippen LogP contribution in [-0.4, -0.2) is 55.7 Å². The average molecular weight is 434 g/mol. The summed E-state index contributed by atoms with van der Waals surface area (Å²) in [5.41, 5.74) is 7.21. The lowest BCUT2D eigenvalue weighted by Crippen LogP contribution is -2.32. The van der Waals surface area contributed by atoms with E-state index in [2.05, 4.69) is 0 Å². The van der Waals surface area contributed by atoms with Crippen molar-refractivity contribution in [1.82, 2.24) is 4.90 Å². The quantitative estimate of drug-likeness (QED) is 0.528. The van der Waals surface area contributed by atoms with Gasteiger partial charge in [0.1, 0.15) is 11.5 Å². The first-order valence-electron chi connectivity index (χ1n) is 10.3. The molecule has 164 valence electrons. The predicted octanol–water partition coefficient (Wildman–Crippen LogP) is 2.71. The summed E-state index contributed by atoms with van der Waals surface area (Å²) in [6.07, 6.45) is 0.709. The molecule has 1 atom stereocenters. The maximum absolute atomic E-state index is 13.5. The summed E-state index contributed by atoms with van der Waals surface area (Å²) in [5, 5.41) is 0.326. The Labute approximate surface area is 183 Å². The number of carbonyl (C=O) groups excluding carboxylic acids is 3. The Morgan fingerprint density at radius 2 is 1.66 bits per heavy atom. The van der Waals surface area contributed by atoms with E-state index >= 15 is 0 Å². The number of aryl methyl sites for hydroxylation is 1. The fourth-order valence-corrected chi connectivity index (χ4v) is 4.75. The van der Waals surface area contributed by atoms with Crippen LogP contribution in [0, 0.1) is 6.92 Å². The van der Waals surface area contributed by atoms with E-state index in [1.165, 1.54) is 14.2 Å². The first kappa shape index (κ1) is 20.3. The molecule has 2 aliphatic rings. The number of hydrogen-bond donors (Lipinski definition) is 1. The topological polar surface area (TPSA) is 112 Å². The number of benzene rings is 2. The first-order chi connectivity index (χ1) is 15.4. The number of methoxy groups -OCH3 is 2. The second kappa shape index (κ2) is 7.20. The highest BCUT2D eigenvalue weighted by atomic mass is 16.5. The number of amides is 1. The summed E-state index contributed by atoms with van der Waals surface area (Å²) < 4.78 is 17.2. The highest BCUT2D eigenvalue weighted by molar-refractivity contribution is 6.33. The van der Waals surface area contributed by atoms with Crippen LogP contribution in [0.25, 0.3) is 11.0 Å². The first-order valence-corrected chi connectivity index (χ1v) is 10.3. The van der Waals surface area contributed by atoms with Gasteiger partial charge < -0.3 is 24.5 Å². The molecule has 32 heavy (non-hydrogen) atoms. The molecule has 1 saturated heterocycles. The lowest BCUT2D eigenvalue weighted by atomic mass is 9.82. The summed E-state index contributed by atoms with van der Waals surface area (Å²) in [5.74, 6) is -0.394. The van der Waals surface area contributed by atoms with Crippen molar-refractivity contribution < 1.29 is 28.3 Å². The number of fused-ring (bicyclic) bond motifs is 3. The molecule has 0 radical (unpaired) electrons. The van der Waals surface area contributed by atoms with E-state index in [1.807, 2.05) is 0 Å². The number of nitrogens with zero attached hydrogens (tertiary/aromatic N) is 1. The van der Waals surface area contributed by atoms with Crippen LogP contribution in [-0.2, 0) is 0 Å². The van der Waals surface area contributed by atoms with Crippen molar-refractivity contribution in [3.05, 3.63) is 57.8 Å². The fraction of sp³-hybridized carbons (Fsp3) is 0.292. The molecule has 8 heteroatoms. The minimum Gasteiger partial charge on any atom is -0.495 e. The molecule has 1 aliphatic heterocycles. The van der Waals surface area contributed by atoms with Gasteiger partial charge in [-0.25, -0.2) is 0 Å². The Kier molecular flexibility index (Phi) is 4.56. The van der Waals surface area contributed by atoms with E-state index in [4.69, 9.17) is 19.6 Å². The van der Waals surface area contributed by atoms with Gasteiger partial charge in [-0.3, -0.25) is 14.4 Å². The van der Waals surface area contributed by atoms with Gasteiger partial charge in [-0.1, -0.05) is 24.3 Å². The number of nitrogens with two attached hydrogens (primary N) is 1. The van der Waals surface area contributed by atoms with Gasteiger partial charge >= 0.3 is 0 Å². The molecule has 1 aromatic heterocycles. The smallest absolute Gasteiger partial charge is 0.258 e. The second-order valence-corrected chi connectivity index (χ2v) is 8.06. The molecule has 2 aromatic carbocycles. The maximum atomic E-state index is 13.5. The third kappa shape index (κ3) is 2.62. The van der Waals surface area contributed by atoms with Gasteiger partial charge in [-0.15, -0.1) is 0 Å². The molecule has 1 fully saturated rings. The molecule has 2 N–H and O–H groups in total. The van der Waals surface area contributed by atoms with E-state index in [9.17, 15) is 14.4 Å². The normalized spacial score (nSPS) is 17.5. The molecular weight excluding hydrogens is 412 g/mol. The Hall–Kier alpha value is -3.65. The third-order valence-corrected chi connectivity index (χ3v) is 6.23. The molecule has 2 heterocycles. The third-order valence-electron chi connectivity index (χ3n) is 6.23. The van der Waals surface area contributed by atoms with Gasteiger partial charge in [0.25, 0.3) is 5.91 Å². The molecule has 0 bridgehead atoms. The Morgan fingerprint density at radius 1 is 1.06 bits per heavy atom. The molecule has 0 spiro atoms. The van der Waals surface area contributed by atoms with Crippen molar-refractivity contribution in [3.8, 4) is 11.5 Å². The fourth-order valence-electron chi connectivity index (χ4n) is 4.75. The summed E-state index contributed by atoms with van der Waals surface area (Å²) >= 11 is 0. The van der Waals surface area contributed by atoms with Gasteiger partial charge in [0.05, 0.1) is 36.3 Å². The number of likely N-dealkylation sites (tertiary alicyclic amines) is 1. The van der Waals surface area contributed by atoms with Gasteiger partial charge in [0, 0.05) is 30.3 Å². The van der Waals surface area contributed by atoms with Gasteiger partial charge in [0.15, 0.2) is 22.9 Å². The molecule has 1 aliphatic carbocycles. The van der Waals surface area contributed by atoms with Crippen LogP contribution in [0.4, 0.5) is 0 Å². The van der Waals surface area contributed by atoms with Crippen molar-refractivity contribution in [2.24, 2.45) is 5.73 Å². The van der Waals surface area contributed by atoms with Crippen molar-refractivity contribution in [1.29, 1.82) is 0 Å². The molecule has 3 aromatic rings. The Balaban J connectivity index is 1.85. The number of ketones is 2. The number of carbonyl (C=O) groups is 3. The van der Waals surface area contributed by atoms with Gasteiger partial charge in [-0.05, 0) is 13.3 Å². The molecular formula is C24H22N2O6. The minimum atomic E-state index is -0.368. The van der Waals surface area contributed by atoms with E-state index < -0.39 is 0 Å². The Bertz CT molecular complexity index is 1320. The van der Waals surface area contributed by atoms with Crippen LogP contribution in [0.5, 0.6) is 11.5 Å². The molecule has 1 amide bonds. The van der Waals surface area contributed by atoms with Crippen LogP contribution >= 0.6 is 0 Å². The summed E-state index contributed by atoms with van der Waals surface area (Å²) in [4.78, 5) is 42.0. The van der Waals surface area contributed by atoms with E-state index in [0.717, 1.165) is 0 Å². The largest absolute Gasteiger partial charge is 0.495 e. The zero-order valence-electron chi connectivity index (χ0n) is 18.0. The van der Waals surface area contributed by atoms with Crippen molar-refractivity contribution >= 4 is 28.4 Å². The highest BCUT2D eigenvalue weighted by Crippen LogP contribution is 2.48. The summed E-state index contributed by atoms with van der Waals surface area (Å²) in [6, 6.07) is 6.52. The SMILES string of the molecule is COc1c2c(c(OC)c3c(C(=O)N4CC[C@H](N)C4)c(C)oc13)C(=O)c1ccccc1C2=O. The van der Waals surface area contributed by atoms with Crippen LogP contribution < -0.4 is 15.2 Å². The molecule has 0 unspecified atom stereocenters. The van der Waals surface area contributed by atoms with Crippen molar-refractivity contribution in [2.45, 2.75) is 19.4 Å². The standard InChI is InChI=1S/C24H22N2O6/c1-11-15(24(29)26-9-8-12(25)10-26)18-21(30-2)16-17(22(31-3)23(18)32-11)20(28)14-7-5-4-6-13(14)19(16)27/h4-7,12H,8-10,25H2,1-3H3/t12-/m0/s1. The van der Waals surface area contributed by atoms with Crippen LogP contribution in [0.15, 0.2) is 28.7 Å². The predicted molar refractivity (Wildman–Crippen MR) is 116 cm³/mol. The van der Waals surface area contributed by atoms with Crippen LogP contribution in [0.1, 0.15) is 54.4 Å². The highest BCUT2D eigenvalue weighted by Gasteiger charge is 2.40. The minimum absolute atomic E-state index is 0.0773. The maximum Gasteiger partial charge on any atom is 0.258 e. The zero-order chi connectivity index (χ0) is 22.7.